The van der Waals surface area contributed by atoms with Gasteiger partial charge in [-0.15, -0.1) is 0 Å². The average Bonchev–Trinajstić information content (AvgIpc) is 2.65. The minimum atomic E-state index is -0.0742. The van der Waals surface area contributed by atoms with Gasteiger partial charge in [0.25, 0.3) is 0 Å². The van der Waals surface area contributed by atoms with Gasteiger partial charge in [-0.05, 0) is 11.1 Å². The molecule has 0 saturated carbocycles. The van der Waals surface area contributed by atoms with Gasteiger partial charge in [0.05, 0.1) is 12.5 Å². The van der Waals surface area contributed by atoms with Crippen molar-refractivity contribution in [1.29, 1.82) is 0 Å². The molecule has 1 unspecified atom stereocenters. The molecule has 1 heterocycles. The zero-order valence-corrected chi connectivity index (χ0v) is 7.90. The molecule has 0 N–H and O–H groups in total. The summed E-state index contributed by atoms with van der Waals surface area (Å²) in [4.78, 5) is 11.4. The maximum atomic E-state index is 11.4. The van der Waals surface area contributed by atoms with Gasteiger partial charge in [0, 0.05) is 0 Å². The van der Waals surface area contributed by atoms with Gasteiger partial charge in [0.1, 0.15) is 6.61 Å². The quantitative estimate of drug-likeness (QED) is 0.709. The Hall–Kier alpha value is -1.41. The summed E-state index contributed by atoms with van der Waals surface area (Å²) in [6.07, 6.45) is 1.78. The molecule has 1 aliphatic rings. The van der Waals surface area contributed by atoms with E-state index < -0.39 is 0 Å². The highest BCUT2D eigenvalue weighted by atomic mass is 16.5. The van der Waals surface area contributed by atoms with Crippen molar-refractivity contribution >= 4 is 11.9 Å². The van der Waals surface area contributed by atoms with Crippen molar-refractivity contribution in [3.8, 4) is 0 Å². The molecule has 1 saturated heterocycles. The summed E-state index contributed by atoms with van der Waals surface area (Å²) < 4.78 is 5.12. The molecule has 2 heteroatoms. The van der Waals surface area contributed by atoms with Crippen molar-refractivity contribution in [3.05, 3.63) is 42.0 Å². The number of ketones is 1. The Morgan fingerprint density at radius 2 is 2.36 bits per heavy atom. The first-order valence-corrected chi connectivity index (χ1v) is 4.64. The van der Waals surface area contributed by atoms with Gasteiger partial charge in [-0.3, -0.25) is 4.79 Å². The standard InChI is InChI=1S/C12H12O2/c1-2-9-4-3-5-10(6-9)11-7-14-8-12(11)13/h2-6,11H,1,7-8H2. The van der Waals surface area contributed by atoms with Crippen LogP contribution in [0.4, 0.5) is 0 Å². The number of hydrogen-bond donors (Lipinski definition) is 0. The molecule has 1 fully saturated rings. The third-order valence-corrected chi connectivity index (χ3v) is 2.47. The lowest BCUT2D eigenvalue weighted by Crippen LogP contribution is -2.08. The van der Waals surface area contributed by atoms with Crippen LogP contribution in [0, 0.1) is 0 Å². The maximum absolute atomic E-state index is 11.4. The van der Waals surface area contributed by atoms with Crippen molar-refractivity contribution in [2.45, 2.75) is 5.92 Å². The molecule has 0 bridgehead atoms. The van der Waals surface area contributed by atoms with E-state index in [1.165, 1.54) is 0 Å². The summed E-state index contributed by atoms with van der Waals surface area (Å²) in [5.74, 6) is 0.0983. The third-order valence-electron chi connectivity index (χ3n) is 2.47. The lowest BCUT2D eigenvalue weighted by molar-refractivity contribution is -0.118. The number of hydrogen-bond acceptors (Lipinski definition) is 2. The molecule has 2 rings (SSSR count). The first-order chi connectivity index (χ1) is 6.81. The molecule has 2 nitrogen and oxygen atoms in total. The monoisotopic (exact) mass is 188 g/mol. The fourth-order valence-corrected chi connectivity index (χ4v) is 1.66. The van der Waals surface area contributed by atoms with Gasteiger partial charge in [0.15, 0.2) is 5.78 Å². The SMILES string of the molecule is C=Cc1cccc(C2COCC2=O)c1. The zero-order chi connectivity index (χ0) is 9.97. The van der Waals surface area contributed by atoms with E-state index in [1.54, 1.807) is 6.08 Å². The van der Waals surface area contributed by atoms with Crippen LogP contribution in [0.3, 0.4) is 0 Å². The minimum absolute atomic E-state index is 0.0742. The Morgan fingerprint density at radius 1 is 1.50 bits per heavy atom. The molecule has 1 aromatic rings. The van der Waals surface area contributed by atoms with Crippen molar-refractivity contribution < 1.29 is 9.53 Å². The molecule has 1 aromatic carbocycles. The largest absolute Gasteiger partial charge is 0.373 e. The maximum Gasteiger partial charge on any atom is 0.168 e. The van der Waals surface area contributed by atoms with E-state index >= 15 is 0 Å². The average molecular weight is 188 g/mol. The summed E-state index contributed by atoms with van der Waals surface area (Å²) in [7, 11) is 0. The van der Waals surface area contributed by atoms with Crippen LogP contribution in [0.25, 0.3) is 6.08 Å². The topological polar surface area (TPSA) is 26.3 Å². The van der Waals surface area contributed by atoms with Crippen LogP contribution < -0.4 is 0 Å². The van der Waals surface area contributed by atoms with Crippen LogP contribution >= 0.6 is 0 Å². The zero-order valence-electron chi connectivity index (χ0n) is 7.90. The van der Waals surface area contributed by atoms with Gasteiger partial charge < -0.3 is 4.74 Å². The van der Waals surface area contributed by atoms with Crippen LogP contribution in [0.1, 0.15) is 17.0 Å². The number of Topliss-reactive ketones (excluding diaryl/α,β-unsaturated/α-hetero) is 1. The van der Waals surface area contributed by atoms with Crippen molar-refractivity contribution in [2.24, 2.45) is 0 Å². The van der Waals surface area contributed by atoms with E-state index in [0.717, 1.165) is 11.1 Å². The van der Waals surface area contributed by atoms with Crippen LogP contribution in [-0.4, -0.2) is 19.0 Å². The second kappa shape index (κ2) is 3.76. The molecule has 0 radical (unpaired) electrons. The summed E-state index contributed by atoms with van der Waals surface area (Å²) in [5, 5.41) is 0. The number of ether oxygens (including phenoxy) is 1. The number of benzene rings is 1. The summed E-state index contributed by atoms with van der Waals surface area (Å²) in [6, 6.07) is 7.86. The summed E-state index contributed by atoms with van der Waals surface area (Å²) >= 11 is 0. The molecular formula is C12H12O2. The number of carbonyl (C=O) groups excluding carboxylic acids is 1. The van der Waals surface area contributed by atoms with E-state index in [-0.39, 0.29) is 18.3 Å². The minimum Gasteiger partial charge on any atom is -0.373 e. The Labute approximate surface area is 83.2 Å². The van der Waals surface area contributed by atoms with Crippen LogP contribution in [0.2, 0.25) is 0 Å². The van der Waals surface area contributed by atoms with Gasteiger partial charge >= 0.3 is 0 Å². The predicted octanol–water partition coefficient (Wildman–Crippen LogP) is 2.01. The van der Waals surface area contributed by atoms with Crippen molar-refractivity contribution in [2.75, 3.05) is 13.2 Å². The molecule has 0 spiro atoms. The highest BCUT2D eigenvalue weighted by molar-refractivity contribution is 5.88. The number of rotatable bonds is 2. The highest BCUT2D eigenvalue weighted by Gasteiger charge is 2.26. The summed E-state index contributed by atoms with van der Waals surface area (Å²) in [5.41, 5.74) is 2.08. The number of carbonyl (C=O) groups is 1. The first-order valence-electron chi connectivity index (χ1n) is 4.64. The van der Waals surface area contributed by atoms with Crippen molar-refractivity contribution in [3.63, 3.8) is 0 Å². The molecule has 0 amide bonds. The third kappa shape index (κ3) is 1.61. The van der Waals surface area contributed by atoms with E-state index in [2.05, 4.69) is 6.58 Å². The molecule has 14 heavy (non-hydrogen) atoms. The van der Waals surface area contributed by atoms with E-state index in [9.17, 15) is 4.79 Å². The first kappa shape index (κ1) is 9.16. The molecule has 1 aliphatic heterocycles. The van der Waals surface area contributed by atoms with Gasteiger partial charge in [0.2, 0.25) is 0 Å². The molecule has 72 valence electrons. The fraction of sp³-hybridized carbons (Fsp3) is 0.250. The Kier molecular flexibility index (Phi) is 2.46. The van der Waals surface area contributed by atoms with E-state index in [4.69, 9.17) is 4.74 Å². The summed E-state index contributed by atoms with van der Waals surface area (Å²) in [6.45, 7) is 4.47. The predicted molar refractivity (Wildman–Crippen MR) is 55.1 cm³/mol. The molecule has 0 aromatic heterocycles. The van der Waals surface area contributed by atoms with E-state index in [0.29, 0.717) is 6.61 Å². The second-order valence-corrected chi connectivity index (χ2v) is 3.41. The van der Waals surface area contributed by atoms with Crippen LogP contribution in [-0.2, 0) is 9.53 Å². The Balaban J connectivity index is 2.31. The Bertz CT molecular complexity index is 368. The molecule has 1 atom stereocenters. The Morgan fingerprint density at radius 3 is 3.00 bits per heavy atom. The molecular weight excluding hydrogens is 176 g/mol. The fourth-order valence-electron chi connectivity index (χ4n) is 1.66. The van der Waals surface area contributed by atoms with Crippen LogP contribution in [0.15, 0.2) is 30.8 Å². The highest BCUT2D eigenvalue weighted by Crippen LogP contribution is 2.23. The smallest absolute Gasteiger partial charge is 0.168 e. The van der Waals surface area contributed by atoms with Crippen molar-refractivity contribution in [1.82, 2.24) is 0 Å². The second-order valence-electron chi connectivity index (χ2n) is 3.41. The van der Waals surface area contributed by atoms with Gasteiger partial charge in [-0.1, -0.05) is 36.9 Å². The lowest BCUT2D eigenvalue weighted by atomic mass is 9.96. The molecule has 0 aliphatic carbocycles. The van der Waals surface area contributed by atoms with Gasteiger partial charge in [-0.25, -0.2) is 0 Å². The van der Waals surface area contributed by atoms with E-state index in [1.807, 2.05) is 24.3 Å². The van der Waals surface area contributed by atoms with Crippen LogP contribution in [0.5, 0.6) is 0 Å². The van der Waals surface area contributed by atoms with Gasteiger partial charge in [-0.2, -0.15) is 0 Å². The lowest BCUT2D eigenvalue weighted by Gasteiger charge is -2.06. The normalized spacial score (nSPS) is 21.1.